The second-order valence-corrected chi connectivity index (χ2v) is 4.45. The molecular weight excluding hydrogens is 216 g/mol. The van der Waals surface area contributed by atoms with E-state index in [-0.39, 0.29) is 11.8 Å². The Bertz CT molecular complexity index is 543. The smallest absolute Gasteiger partial charge is 0.223 e. The molecule has 0 radical (unpaired) electrons. The molecule has 0 spiro atoms. The molecule has 1 aliphatic carbocycles. The van der Waals surface area contributed by atoms with Crippen molar-refractivity contribution in [2.75, 3.05) is 6.54 Å². The van der Waals surface area contributed by atoms with Crippen LogP contribution in [0.4, 0.5) is 0 Å². The van der Waals surface area contributed by atoms with Crippen LogP contribution in [-0.4, -0.2) is 17.4 Å². The first kappa shape index (κ1) is 10.3. The molecule has 0 atom stereocenters. The summed E-state index contributed by atoms with van der Waals surface area (Å²) < 4.78 is 5.39. The highest BCUT2D eigenvalue weighted by Crippen LogP contribution is 2.28. The normalized spacial score (nSPS) is 15.1. The van der Waals surface area contributed by atoms with Crippen LogP contribution in [0.5, 0.6) is 0 Å². The molecule has 1 saturated carbocycles. The van der Waals surface area contributed by atoms with E-state index in [1.165, 1.54) is 0 Å². The summed E-state index contributed by atoms with van der Waals surface area (Å²) in [4.78, 5) is 15.5. The Balaban J connectivity index is 1.62. The van der Waals surface area contributed by atoms with Crippen molar-refractivity contribution in [2.45, 2.75) is 19.3 Å². The number of nitrogens with zero attached hydrogens (tertiary/aromatic N) is 1. The zero-order valence-corrected chi connectivity index (χ0v) is 9.48. The van der Waals surface area contributed by atoms with Crippen molar-refractivity contribution in [3.05, 3.63) is 30.3 Å². The van der Waals surface area contributed by atoms with Crippen LogP contribution in [0, 0.1) is 5.92 Å². The summed E-state index contributed by atoms with van der Waals surface area (Å²) in [7, 11) is 0. The van der Waals surface area contributed by atoms with Gasteiger partial charge >= 0.3 is 0 Å². The van der Waals surface area contributed by atoms with Crippen LogP contribution in [0.25, 0.3) is 11.0 Å². The Morgan fingerprint density at radius 3 is 3.24 bits per heavy atom. The predicted molar refractivity (Wildman–Crippen MR) is 63.4 cm³/mol. The Hall–Kier alpha value is -1.84. The van der Waals surface area contributed by atoms with Crippen LogP contribution in [0.1, 0.15) is 18.4 Å². The summed E-state index contributed by atoms with van der Waals surface area (Å²) >= 11 is 0. The molecule has 1 N–H and O–H groups in total. The number of furan rings is 1. The third-order valence-corrected chi connectivity index (χ3v) is 3.10. The van der Waals surface area contributed by atoms with E-state index in [9.17, 15) is 4.79 Å². The van der Waals surface area contributed by atoms with E-state index >= 15 is 0 Å². The Kier molecular flexibility index (Phi) is 2.55. The average Bonchev–Trinajstić information content (AvgIpc) is 3.12. The minimum Gasteiger partial charge on any atom is -0.462 e. The number of aromatic nitrogens is 1. The third-order valence-electron chi connectivity index (χ3n) is 3.10. The van der Waals surface area contributed by atoms with Gasteiger partial charge in [0, 0.05) is 29.6 Å². The van der Waals surface area contributed by atoms with Crippen LogP contribution in [0.15, 0.2) is 29.1 Å². The Morgan fingerprint density at radius 1 is 1.53 bits per heavy atom. The van der Waals surface area contributed by atoms with Crippen molar-refractivity contribution in [3.8, 4) is 0 Å². The zero-order chi connectivity index (χ0) is 11.7. The van der Waals surface area contributed by atoms with E-state index in [0.717, 1.165) is 35.8 Å². The van der Waals surface area contributed by atoms with Crippen LogP contribution >= 0.6 is 0 Å². The molecule has 2 heterocycles. The van der Waals surface area contributed by atoms with Gasteiger partial charge in [0.1, 0.15) is 0 Å². The van der Waals surface area contributed by atoms with E-state index in [4.69, 9.17) is 4.42 Å². The third kappa shape index (κ3) is 2.16. The molecular formula is C13H14N2O2. The van der Waals surface area contributed by atoms with Gasteiger partial charge < -0.3 is 9.73 Å². The monoisotopic (exact) mass is 230 g/mol. The highest BCUT2D eigenvalue weighted by Gasteiger charge is 2.29. The molecule has 0 aromatic carbocycles. The van der Waals surface area contributed by atoms with Gasteiger partial charge in [-0.05, 0) is 25.3 Å². The van der Waals surface area contributed by atoms with Gasteiger partial charge in [0.15, 0.2) is 5.58 Å². The number of nitrogens with one attached hydrogen (secondary N) is 1. The summed E-state index contributed by atoms with van der Waals surface area (Å²) in [6.45, 7) is 0.673. The fraction of sp³-hybridized carbons (Fsp3) is 0.385. The number of carbonyl (C=O) groups is 1. The molecule has 3 rings (SSSR count). The minimum atomic E-state index is 0.194. The molecule has 1 aliphatic rings. The van der Waals surface area contributed by atoms with Crippen molar-refractivity contribution >= 4 is 16.9 Å². The lowest BCUT2D eigenvalue weighted by atomic mass is 10.1. The summed E-state index contributed by atoms with van der Waals surface area (Å²) in [5, 5.41) is 4.04. The van der Waals surface area contributed by atoms with Crippen LogP contribution in [0.3, 0.4) is 0 Å². The first-order valence-corrected chi connectivity index (χ1v) is 5.92. The van der Waals surface area contributed by atoms with E-state index in [2.05, 4.69) is 10.3 Å². The minimum absolute atomic E-state index is 0.194. The van der Waals surface area contributed by atoms with E-state index in [1.807, 2.05) is 6.07 Å². The maximum Gasteiger partial charge on any atom is 0.223 e. The molecule has 4 heteroatoms. The number of rotatable bonds is 4. The molecule has 0 bridgehead atoms. The molecule has 2 aromatic rings. The maximum absolute atomic E-state index is 11.5. The quantitative estimate of drug-likeness (QED) is 0.872. The van der Waals surface area contributed by atoms with Crippen LogP contribution in [0.2, 0.25) is 0 Å². The first-order valence-electron chi connectivity index (χ1n) is 5.92. The molecule has 0 unspecified atom stereocenters. The molecule has 4 nitrogen and oxygen atoms in total. The first-order chi connectivity index (χ1) is 8.34. The van der Waals surface area contributed by atoms with Gasteiger partial charge in [-0.15, -0.1) is 0 Å². The number of amides is 1. The molecule has 0 saturated heterocycles. The summed E-state index contributed by atoms with van der Waals surface area (Å²) in [6, 6.07) is 1.94. The molecule has 2 aromatic heterocycles. The van der Waals surface area contributed by atoms with E-state index in [0.29, 0.717) is 6.54 Å². The Labute approximate surface area is 99.0 Å². The SMILES string of the molecule is O=C(NCCc1coc2cnccc12)C1CC1. The number of hydrogen-bond acceptors (Lipinski definition) is 3. The van der Waals surface area contributed by atoms with Crippen LogP contribution in [-0.2, 0) is 11.2 Å². The van der Waals surface area contributed by atoms with E-state index < -0.39 is 0 Å². The van der Waals surface area contributed by atoms with Gasteiger partial charge in [0.2, 0.25) is 5.91 Å². The zero-order valence-electron chi connectivity index (χ0n) is 9.48. The molecule has 1 fully saturated rings. The summed E-state index contributed by atoms with van der Waals surface area (Å²) in [5.74, 6) is 0.472. The Morgan fingerprint density at radius 2 is 2.41 bits per heavy atom. The van der Waals surface area contributed by atoms with Crippen molar-refractivity contribution in [3.63, 3.8) is 0 Å². The molecule has 88 valence electrons. The predicted octanol–water partition coefficient (Wildman–Crippen LogP) is 1.90. The lowest BCUT2D eigenvalue weighted by Crippen LogP contribution is -2.26. The van der Waals surface area contributed by atoms with Crippen molar-refractivity contribution in [1.82, 2.24) is 10.3 Å². The van der Waals surface area contributed by atoms with Gasteiger partial charge in [-0.25, -0.2) is 0 Å². The van der Waals surface area contributed by atoms with Gasteiger partial charge in [-0.3, -0.25) is 9.78 Å². The van der Waals surface area contributed by atoms with Crippen molar-refractivity contribution in [2.24, 2.45) is 5.92 Å². The molecule has 0 aliphatic heterocycles. The van der Waals surface area contributed by atoms with Crippen molar-refractivity contribution in [1.29, 1.82) is 0 Å². The number of hydrogen-bond donors (Lipinski definition) is 1. The van der Waals surface area contributed by atoms with Gasteiger partial charge in [0.05, 0.1) is 12.5 Å². The highest BCUT2D eigenvalue weighted by atomic mass is 16.3. The molecule has 17 heavy (non-hydrogen) atoms. The van der Waals surface area contributed by atoms with Crippen molar-refractivity contribution < 1.29 is 9.21 Å². The second-order valence-electron chi connectivity index (χ2n) is 4.45. The van der Waals surface area contributed by atoms with Gasteiger partial charge in [-0.2, -0.15) is 0 Å². The fourth-order valence-corrected chi connectivity index (χ4v) is 1.94. The lowest BCUT2D eigenvalue weighted by molar-refractivity contribution is -0.122. The fourth-order valence-electron chi connectivity index (χ4n) is 1.94. The van der Waals surface area contributed by atoms with Crippen LogP contribution < -0.4 is 5.32 Å². The largest absolute Gasteiger partial charge is 0.462 e. The lowest BCUT2D eigenvalue weighted by Gasteiger charge is -2.02. The van der Waals surface area contributed by atoms with E-state index in [1.54, 1.807) is 18.7 Å². The second kappa shape index (κ2) is 4.20. The average molecular weight is 230 g/mol. The summed E-state index contributed by atoms with van der Waals surface area (Å²) in [6.07, 6.45) is 8.11. The van der Waals surface area contributed by atoms with Gasteiger partial charge in [0.25, 0.3) is 0 Å². The highest BCUT2D eigenvalue weighted by molar-refractivity contribution is 5.81. The molecule has 1 amide bonds. The topological polar surface area (TPSA) is 55.1 Å². The maximum atomic E-state index is 11.5. The number of carbonyl (C=O) groups excluding carboxylic acids is 1. The van der Waals surface area contributed by atoms with Gasteiger partial charge in [-0.1, -0.05) is 0 Å². The standard InChI is InChI=1S/C13H14N2O2/c16-13(9-1-2-9)15-6-3-10-8-17-12-7-14-5-4-11(10)12/h4-5,7-9H,1-3,6H2,(H,15,16). The number of pyridine rings is 1. The summed E-state index contributed by atoms with van der Waals surface area (Å²) in [5.41, 5.74) is 1.93. The number of fused-ring (bicyclic) bond motifs is 1.